The van der Waals surface area contributed by atoms with Gasteiger partial charge in [-0.3, -0.25) is 14.7 Å². The fourth-order valence-corrected chi connectivity index (χ4v) is 6.99. The minimum Gasteiger partial charge on any atom is -0.497 e. The van der Waals surface area contributed by atoms with Gasteiger partial charge >= 0.3 is 0 Å². The standard InChI is InChI=1S/C26H26N4O5S2/c1-34-19-7-10-21(11-8-19)37(32,33)30-14-4-6-23(30)25(31)29(17-18-5-3-13-27-16-18)26-28-22-15-20(35-2)9-12-24(22)36-26/h3,5,7-13,15-16,23H,4,6,14,17H2,1-2H3. The number of aromatic nitrogens is 2. The van der Waals surface area contributed by atoms with Gasteiger partial charge in [-0.15, -0.1) is 0 Å². The van der Waals surface area contributed by atoms with Crippen LogP contribution >= 0.6 is 11.3 Å². The molecule has 11 heteroatoms. The SMILES string of the molecule is COc1ccc(S(=O)(=O)N2CCCC2C(=O)N(Cc2cccnc2)c2nc3cc(OC)ccc3s2)cc1. The third kappa shape index (κ3) is 5.02. The molecule has 0 N–H and O–H groups in total. The maximum Gasteiger partial charge on any atom is 0.247 e. The van der Waals surface area contributed by atoms with Crippen molar-refractivity contribution in [3.63, 3.8) is 0 Å². The number of carbonyl (C=O) groups excluding carboxylic acids is 1. The summed E-state index contributed by atoms with van der Waals surface area (Å²) in [6.07, 6.45) is 4.37. The summed E-state index contributed by atoms with van der Waals surface area (Å²) >= 11 is 1.38. The van der Waals surface area contributed by atoms with E-state index in [1.807, 2.05) is 24.3 Å². The minimum atomic E-state index is -3.90. The van der Waals surface area contributed by atoms with Crippen molar-refractivity contribution in [1.29, 1.82) is 0 Å². The number of benzene rings is 2. The van der Waals surface area contributed by atoms with Crippen molar-refractivity contribution in [2.24, 2.45) is 0 Å². The van der Waals surface area contributed by atoms with Gasteiger partial charge < -0.3 is 9.47 Å². The predicted molar refractivity (Wildman–Crippen MR) is 142 cm³/mol. The van der Waals surface area contributed by atoms with Gasteiger partial charge in [-0.1, -0.05) is 17.4 Å². The van der Waals surface area contributed by atoms with Crippen LogP contribution in [0.2, 0.25) is 0 Å². The lowest BCUT2D eigenvalue weighted by Crippen LogP contribution is -2.47. The van der Waals surface area contributed by atoms with Crippen LogP contribution in [0.15, 0.2) is 71.9 Å². The van der Waals surface area contributed by atoms with Crippen LogP contribution in [0.3, 0.4) is 0 Å². The molecule has 4 aromatic rings. The van der Waals surface area contributed by atoms with Crippen molar-refractivity contribution in [2.75, 3.05) is 25.7 Å². The summed E-state index contributed by atoms with van der Waals surface area (Å²) in [5.41, 5.74) is 1.52. The number of fused-ring (bicyclic) bond motifs is 1. The number of hydrogen-bond donors (Lipinski definition) is 0. The van der Waals surface area contributed by atoms with Crippen molar-refractivity contribution >= 4 is 42.6 Å². The maximum atomic E-state index is 14.1. The van der Waals surface area contributed by atoms with E-state index in [1.54, 1.807) is 42.6 Å². The third-order valence-corrected chi connectivity index (χ3v) is 9.28. The first-order chi connectivity index (χ1) is 17.9. The van der Waals surface area contributed by atoms with Gasteiger partial charge in [0, 0.05) is 25.0 Å². The van der Waals surface area contributed by atoms with Crippen molar-refractivity contribution in [3.05, 3.63) is 72.6 Å². The van der Waals surface area contributed by atoms with Crippen LogP contribution in [-0.2, 0) is 21.4 Å². The van der Waals surface area contributed by atoms with E-state index in [9.17, 15) is 13.2 Å². The number of amides is 1. The molecule has 1 atom stereocenters. The quantitative estimate of drug-likeness (QED) is 0.333. The van der Waals surface area contributed by atoms with Gasteiger partial charge in [0.2, 0.25) is 15.9 Å². The zero-order valence-electron chi connectivity index (χ0n) is 20.4. The van der Waals surface area contributed by atoms with Gasteiger partial charge in [-0.25, -0.2) is 13.4 Å². The highest BCUT2D eigenvalue weighted by molar-refractivity contribution is 7.89. The molecule has 2 aromatic heterocycles. The molecule has 9 nitrogen and oxygen atoms in total. The lowest BCUT2D eigenvalue weighted by Gasteiger charge is -2.28. The van der Waals surface area contributed by atoms with Crippen LogP contribution in [0.25, 0.3) is 10.2 Å². The number of carbonyl (C=O) groups is 1. The highest BCUT2D eigenvalue weighted by Crippen LogP contribution is 2.35. The maximum absolute atomic E-state index is 14.1. The second-order valence-corrected chi connectivity index (χ2v) is 11.5. The van der Waals surface area contributed by atoms with Gasteiger partial charge in [-0.05, 0) is 60.9 Å². The smallest absolute Gasteiger partial charge is 0.247 e. The number of sulfonamides is 1. The highest BCUT2D eigenvalue weighted by atomic mass is 32.2. The molecular weight excluding hydrogens is 512 g/mol. The number of pyridine rings is 1. The fourth-order valence-electron chi connectivity index (χ4n) is 4.39. The zero-order chi connectivity index (χ0) is 26.0. The van der Waals surface area contributed by atoms with Crippen molar-refractivity contribution in [3.8, 4) is 11.5 Å². The Morgan fingerprint density at radius 2 is 1.86 bits per heavy atom. The summed E-state index contributed by atoms with van der Waals surface area (Å²) in [4.78, 5) is 24.6. The summed E-state index contributed by atoms with van der Waals surface area (Å²) in [6.45, 7) is 0.485. The van der Waals surface area contributed by atoms with Crippen LogP contribution in [0.1, 0.15) is 18.4 Å². The van der Waals surface area contributed by atoms with E-state index in [2.05, 4.69) is 4.98 Å². The van der Waals surface area contributed by atoms with Crippen LogP contribution in [0.5, 0.6) is 11.5 Å². The monoisotopic (exact) mass is 538 g/mol. The van der Waals surface area contributed by atoms with Gasteiger partial charge in [0.1, 0.15) is 17.5 Å². The van der Waals surface area contributed by atoms with E-state index in [0.717, 1.165) is 10.3 Å². The molecule has 0 bridgehead atoms. The third-order valence-electron chi connectivity index (χ3n) is 6.30. The summed E-state index contributed by atoms with van der Waals surface area (Å²) in [5, 5.41) is 0.491. The molecule has 192 valence electrons. The van der Waals surface area contributed by atoms with E-state index < -0.39 is 16.1 Å². The number of hydrogen-bond acceptors (Lipinski definition) is 8. The molecule has 1 aliphatic heterocycles. The van der Waals surface area contributed by atoms with Crippen molar-refractivity contribution in [2.45, 2.75) is 30.3 Å². The Bertz CT molecular complexity index is 1510. The Morgan fingerprint density at radius 1 is 1.11 bits per heavy atom. The largest absolute Gasteiger partial charge is 0.497 e. The molecule has 0 radical (unpaired) electrons. The molecule has 0 aliphatic carbocycles. The Morgan fingerprint density at radius 3 is 2.57 bits per heavy atom. The molecule has 0 spiro atoms. The second kappa shape index (κ2) is 10.4. The number of thiazole rings is 1. The summed E-state index contributed by atoms with van der Waals surface area (Å²) in [6, 6.07) is 14.6. The van der Waals surface area contributed by atoms with Gasteiger partial charge in [0.05, 0.1) is 35.9 Å². The molecule has 0 saturated carbocycles. The average Bonchev–Trinajstić information content (AvgIpc) is 3.59. The van der Waals surface area contributed by atoms with Crippen LogP contribution in [-0.4, -0.2) is 55.4 Å². The first-order valence-corrected chi connectivity index (χ1v) is 14.0. The minimum absolute atomic E-state index is 0.124. The Kier molecular flexibility index (Phi) is 7.09. The molecule has 1 unspecified atom stereocenters. The number of nitrogens with zero attached hydrogens (tertiary/aromatic N) is 4. The molecule has 37 heavy (non-hydrogen) atoms. The van der Waals surface area contributed by atoms with Gasteiger partial charge in [0.25, 0.3) is 0 Å². The lowest BCUT2D eigenvalue weighted by molar-refractivity contribution is -0.121. The molecule has 1 aliphatic rings. The highest BCUT2D eigenvalue weighted by Gasteiger charge is 2.42. The van der Waals surface area contributed by atoms with Crippen LogP contribution in [0, 0.1) is 0 Å². The Balaban J connectivity index is 1.50. The van der Waals surface area contributed by atoms with Gasteiger partial charge in [0.15, 0.2) is 5.13 Å². The predicted octanol–water partition coefficient (Wildman–Crippen LogP) is 4.10. The molecule has 1 fully saturated rings. The zero-order valence-corrected chi connectivity index (χ0v) is 22.0. The number of ether oxygens (including phenoxy) is 2. The molecule has 1 saturated heterocycles. The van der Waals surface area contributed by atoms with E-state index in [0.29, 0.717) is 35.0 Å². The number of rotatable bonds is 8. The topological polar surface area (TPSA) is 102 Å². The second-order valence-electron chi connectivity index (χ2n) is 8.57. The van der Waals surface area contributed by atoms with E-state index >= 15 is 0 Å². The van der Waals surface area contributed by atoms with E-state index in [-0.39, 0.29) is 23.9 Å². The molecule has 1 amide bonds. The average molecular weight is 539 g/mol. The molecule has 5 rings (SSSR count). The van der Waals surface area contributed by atoms with Crippen molar-refractivity contribution < 1.29 is 22.7 Å². The first-order valence-electron chi connectivity index (χ1n) is 11.7. The Hall–Kier alpha value is -3.54. The number of methoxy groups -OCH3 is 2. The van der Waals surface area contributed by atoms with Crippen LogP contribution in [0.4, 0.5) is 5.13 Å². The summed E-state index contributed by atoms with van der Waals surface area (Å²) in [5.74, 6) is 0.912. The Labute approximate surface area is 219 Å². The van der Waals surface area contributed by atoms with Crippen LogP contribution < -0.4 is 14.4 Å². The van der Waals surface area contributed by atoms with Crippen molar-refractivity contribution in [1.82, 2.24) is 14.3 Å². The summed E-state index contributed by atoms with van der Waals surface area (Å²) < 4.78 is 39.8. The number of anilines is 1. The van der Waals surface area contributed by atoms with Gasteiger partial charge in [-0.2, -0.15) is 4.31 Å². The molecular formula is C26H26N4O5S2. The first kappa shape index (κ1) is 25.1. The molecule has 3 heterocycles. The molecule has 2 aromatic carbocycles. The fraction of sp³-hybridized carbons (Fsp3) is 0.269. The normalized spacial score (nSPS) is 16.1. The van der Waals surface area contributed by atoms with E-state index in [4.69, 9.17) is 14.5 Å². The van der Waals surface area contributed by atoms with E-state index in [1.165, 1.54) is 34.9 Å². The summed E-state index contributed by atoms with van der Waals surface area (Å²) in [7, 11) is -0.786. The lowest BCUT2D eigenvalue weighted by atomic mass is 10.2.